The van der Waals surface area contributed by atoms with Crippen molar-refractivity contribution in [2.75, 3.05) is 36.0 Å². The Labute approximate surface area is 189 Å². The maximum absolute atomic E-state index is 6.33. The topological polar surface area (TPSA) is 32.3 Å². The molecule has 1 aliphatic heterocycles. The molecule has 0 radical (unpaired) electrons. The van der Waals surface area contributed by atoms with E-state index in [0.29, 0.717) is 5.28 Å². The maximum Gasteiger partial charge on any atom is 0.225 e. The predicted molar refractivity (Wildman–Crippen MR) is 128 cm³/mol. The summed E-state index contributed by atoms with van der Waals surface area (Å²) in [6.07, 6.45) is 0. The maximum atomic E-state index is 6.33. The first-order chi connectivity index (χ1) is 14.6. The normalized spacial score (nSPS) is 14.5. The van der Waals surface area contributed by atoms with Gasteiger partial charge in [-0.3, -0.25) is 0 Å². The van der Waals surface area contributed by atoms with Gasteiger partial charge in [-0.2, -0.15) is 4.98 Å². The van der Waals surface area contributed by atoms with Crippen LogP contribution in [0.25, 0.3) is 21.3 Å². The molecule has 4 nitrogen and oxygen atoms in total. The van der Waals surface area contributed by atoms with E-state index in [4.69, 9.17) is 23.2 Å². The van der Waals surface area contributed by atoms with Gasteiger partial charge in [0.15, 0.2) is 0 Å². The minimum atomic E-state index is 0.298. The second kappa shape index (κ2) is 8.06. The van der Waals surface area contributed by atoms with Crippen molar-refractivity contribution in [3.05, 3.63) is 69.8 Å². The average Bonchev–Trinajstić information content (AvgIpc) is 3.10. The van der Waals surface area contributed by atoms with Crippen LogP contribution in [-0.2, 0) is 0 Å². The van der Waals surface area contributed by atoms with Gasteiger partial charge >= 0.3 is 0 Å². The summed E-state index contributed by atoms with van der Waals surface area (Å²) in [6.45, 7) is 5.76. The fourth-order valence-electron chi connectivity index (χ4n) is 4.08. The highest BCUT2D eigenvalue weighted by Gasteiger charge is 2.25. The first-order valence-corrected chi connectivity index (χ1v) is 11.4. The van der Waals surface area contributed by atoms with Gasteiger partial charge in [0.2, 0.25) is 5.28 Å². The number of aryl methyl sites for hydroxylation is 1. The van der Waals surface area contributed by atoms with E-state index < -0.39 is 0 Å². The number of hydrogen-bond donors (Lipinski definition) is 0. The van der Waals surface area contributed by atoms with Crippen molar-refractivity contribution < 1.29 is 0 Å². The highest BCUT2D eigenvalue weighted by molar-refractivity contribution is 7.19. The van der Waals surface area contributed by atoms with Gasteiger partial charge in [0.05, 0.1) is 5.39 Å². The molecular weight excluding hydrogens is 435 g/mol. The largest absolute Gasteiger partial charge is 0.368 e. The number of nitrogens with zero attached hydrogens (tertiary/aromatic N) is 4. The van der Waals surface area contributed by atoms with Gasteiger partial charge in [0, 0.05) is 47.3 Å². The van der Waals surface area contributed by atoms with Gasteiger partial charge in [0.1, 0.15) is 10.6 Å². The molecule has 0 unspecified atom stereocenters. The smallest absolute Gasteiger partial charge is 0.225 e. The molecular formula is C23H20Cl2N4S. The zero-order valence-electron chi connectivity index (χ0n) is 16.5. The molecule has 0 spiro atoms. The lowest BCUT2D eigenvalue weighted by molar-refractivity contribution is 0.649. The van der Waals surface area contributed by atoms with Crippen LogP contribution in [0.2, 0.25) is 10.3 Å². The quantitative estimate of drug-likeness (QED) is 0.340. The van der Waals surface area contributed by atoms with Gasteiger partial charge in [-0.1, -0.05) is 41.9 Å². The van der Waals surface area contributed by atoms with Crippen LogP contribution in [-0.4, -0.2) is 36.1 Å². The molecule has 0 saturated carbocycles. The van der Waals surface area contributed by atoms with Gasteiger partial charge in [-0.15, -0.1) is 11.3 Å². The number of fused-ring (bicyclic) bond motifs is 1. The Morgan fingerprint density at radius 1 is 0.833 bits per heavy atom. The fraction of sp³-hybridized carbons (Fsp3) is 0.217. The molecule has 1 saturated heterocycles. The number of halogens is 2. The first-order valence-electron chi connectivity index (χ1n) is 9.87. The number of benzene rings is 2. The second-order valence-electron chi connectivity index (χ2n) is 7.35. The number of rotatable bonds is 3. The second-order valence-corrected chi connectivity index (χ2v) is 9.32. The Bertz CT molecular complexity index is 1180. The predicted octanol–water partition coefficient (Wildman–Crippen LogP) is 6.30. The average molecular weight is 455 g/mol. The van der Waals surface area contributed by atoms with Crippen LogP contribution in [0.1, 0.15) is 4.88 Å². The zero-order valence-corrected chi connectivity index (χ0v) is 18.8. The van der Waals surface area contributed by atoms with E-state index in [0.717, 1.165) is 52.8 Å². The number of anilines is 2. The molecule has 0 aliphatic carbocycles. The van der Waals surface area contributed by atoms with Crippen LogP contribution >= 0.6 is 34.5 Å². The summed E-state index contributed by atoms with van der Waals surface area (Å²) in [5.74, 6) is 0.923. The lowest BCUT2D eigenvalue weighted by Gasteiger charge is -2.37. The molecule has 1 fully saturated rings. The number of hydrogen-bond acceptors (Lipinski definition) is 5. The lowest BCUT2D eigenvalue weighted by atomic mass is 10.0. The van der Waals surface area contributed by atoms with Gasteiger partial charge < -0.3 is 9.80 Å². The summed E-state index contributed by atoms with van der Waals surface area (Å²) >= 11 is 14.1. The van der Waals surface area contributed by atoms with E-state index >= 15 is 0 Å². The van der Waals surface area contributed by atoms with E-state index in [1.54, 1.807) is 11.3 Å². The Balaban J connectivity index is 1.54. The van der Waals surface area contributed by atoms with Crippen LogP contribution in [0.3, 0.4) is 0 Å². The van der Waals surface area contributed by atoms with E-state index in [-0.39, 0.29) is 0 Å². The van der Waals surface area contributed by atoms with Crippen molar-refractivity contribution in [2.24, 2.45) is 0 Å². The summed E-state index contributed by atoms with van der Waals surface area (Å²) in [4.78, 5) is 16.1. The molecule has 3 heterocycles. The summed E-state index contributed by atoms with van der Waals surface area (Å²) in [6, 6.07) is 18.5. The van der Waals surface area contributed by atoms with Crippen molar-refractivity contribution in [2.45, 2.75) is 6.92 Å². The third-order valence-corrected chi connectivity index (χ3v) is 6.93. The molecule has 0 N–H and O–H groups in total. The Hall–Kier alpha value is -2.34. The van der Waals surface area contributed by atoms with Crippen LogP contribution < -0.4 is 9.80 Å². The molecule has 1 aliphatic rings. The van der Waals surface area contributed by atoms with Crippen LogP contribution in [0, 0.1) is 6.92 Å². The molecule has 30 heavy (non-hydrogen) atoms. The Kier molecular flexibility index (Phi) is 5.27. The molecule has 0 bridgehead atoms. The monoisotopic (exact) mass is 454 g/mol. The number of aromatic nitrogens is 2. The van der Waals surface area contributed by atoms with Crippen LogP contribution in [0.5, 0.6) is 0 Å². The first kappa shape index (κ1) is 19.6. The van der Waals surface area contributed by atoms with Crippen LogP contribution in [0.4, 0.5) is 11.5 Å². The molecule has 2 aromatic carbocycles. The minimum Gasteiger partial charge on any atom is -0.368 e. The molecule has 5 rings (SSSR count). The zero-order chi connectivity index (χ0) is 20.7. The Morgan fingerprint density at radius 3 is 2.20 bits per heavy atom. The van der Waals surface area contributed by atoms with Gasteiger partial charge in [0.25, 0.3) is 0 Å². The number of thiophene rings is 1. The van der Waals surface area contributed by atoms with Crippen LogP contribution in [0.15, 0.2) is 54.6 Å². The molecule has 7 heteroatoms. The van der Waals surface area contributed by atoms with Gasteiger partial charge in [-0.05, 0) is 48.4 Å². The fourth-order valence-corrected chi connectivity index (χ4v) is 5.46. The SMILES string of the molecule is Cc1sc2nc(Cl)nc(N3CCN(c4ccccc4)CC3)c2c1-c1ccc(Cl)cc1. The van der Waals surface area contributed by atoms with Gasteiger partial charge in [-0.25, -0.2) is 4.98 Å². The van der Waals surface area contributed by atoms with E-state index in [1.807, 2.05) is 12.1 Å². The summed E-state index contributed by atoms with van der Waals surface area (Å²) in [7, 11) is 0. The molecule has 2 aromatic heterocycles. The highest BCUT2D eigenvalue weighted by atomic mass is 35.5. The third kappa shape index (κ3) is 3.62. The van der Waals surface area contributed by atoms with E-state index in [2.05, 4.69) is 69.2 Å². The van der Waals surface area contributed by atoms with E-state index in [9.17, 15) is 0 Å². The summed E-state index contributed by atoms with van der Waals surface area (Å²) < 4.78 is 0. The standard InChI is InChI=1S/C23H20Cl2N4S/c1-15-19(16-7-9-17(24)10-8-16)20-21(26-23(25)27-22(20)30-15)29-13-11-28(12-14-29)18-5-3-2-4-6-18/h2-10H,11-14H2,1H3. The van der Waals surface area contributed by atoms with Crippen molar-refractivity contribution >= 4 is 56.3 Å². The Morgan fingerprint density at radius 2 is 1.50 bits per heavy atom. The van der Waals surface area contributed by atoms with Crippen molar-refractivity contribution in [1.82, 2.24) is 9.97 Å². The van der Waals surface area contributed by atoms with Crippen molar-refractivity contribution in [3.63, 3.8) is 0 Å². The van der Waals surface area contributed by atoms with Crippen molar-refractivity contribution in [3.8, 4) is 11.1 Å². The molecule has 4 aromatic rings. The lowest BCUT2D eigenvalue weighted by Crippen LogP contribution is -2.47. The molecule has 0 atom stereocenters. The summed E-state index contributed by atoms with van der Waals surface area (Å²) in [5, 5.41) is 2.11. The highest BCUT2D eigenvalue weighted by Crippen LogP contribution is 2.42. The molecule has 152 valence electrons. The minimum absolute atomic E-state index is 0.298. The molecule has 0 amide bonds. The number of para-hydroxylation sites is 1. The van der Waals surface area contributed by atoms with E-state index in [1.165, 1.54) is 16.1 Å². The third-order valence-electron chi connectivity index (χ3n) is 5.51. The number of piperazine rings is 1. The van der Waals surface area contributed by atoms with Crippen molar-refractivity contribution in [1.29, 1.82) is 0 Å². The summed E-state index contributed by atoms with van der Waals surface area (Å²) in [5.41, 5.74) is 3.55.